The molecule has 0 radical (unpaired) electrons. The summed E-state index contributed by atoms with van der Waals surface area (Å²) >= 11 is 16.0. The molecule has 7 heteroatoms. The fraction of sp³-hybridized carbons (Fsp3) is 0. The molecule has 134 valence electrons. The highest BCUT2D eigenvalue weighted by Gasteiger charge is 2.33. The van der Waals surface area contributed by atoms with E-state index in [0.717, 1.165) is 15.7 Å². The molecule has 1 aromatic heterocycles. The van der Waals surface area contributed by atoms with Crippen molar-refractivity contribution in [1.29, 1.82) is 0 Å². The number of rotatable bonds is 3. The molecule has 2 heterocycles. The third kappa shape index (κ3) is 3.89. The third-order valence-electron chi connectivity index (χ3n) is 3.89. The maximum atomic E-state index is 12.8. The lowest BCUT2D eigenvalue weighted by Crippen LogP contribution is -2.27. The van der Waals surface area contributed by atoms with E-state index < -0.39 is 0 Å². The van der Waals surface area contributed by atoms with Gasteiger partial charge in [-0.1, -0.05) is 57.6 Å². The van der Waals surface area contributed by atoms with Gasteiger partial charge >= 0.3 is 0 Å². The van der Waals surface area contributed by atoms with Crippen LogP contribution in [0.15, 0.2) is 74.5 Å². The Bertz CT molecular complexity index is 1080. The predicted octanol–water partition coefficient (Wildman–Crippen LogP) is 6.77. The van der Waals surface area contributed by atoms with Crippen LogP contribution in [0.3, 0.4) is 0 Å². The molecular weight excluding hydrogens is 466 g/mol. The van der Waals surface area contributed by atoms with Gasteiger partial charge in [-0.05, 0) is 54.6 Å². The van der Waals surface area contributed by atoms with Crippen LogP contribution in [-0.4, -0.2) is 10.2 Å². The Morgan fingerprint density at radius 3 is 2.63 bits per heavy atom. The summed E-state index contributed by atoms with van der Waals surface area (Å²) in [5.41, 5.74) is 1.65. The minimum Gasteiger partial charge on any atom is -0.457 e. The van der Waals surface area contributed by atoms with Crippen LogP contribution in [0.5, 0.6) is 0 Å². The number of hydrogen-bond acceptors (Lipinski definition) is 4. The van der Waals surface area contributed by atoms with Crippen LogP contribution < -0.4 is 4.90 Å². The van der Waals surface area contributed by atoms with Gasteiger partial charge in [-0.25, -0.2) is 0 Å². The van der Waals surface area contributed by atoms with Crippen LogP contribution in [0.2, 0.25) is 5.02 Å². The highest BCUT2D eigenvalue weighted by atomic mass is 79.9. The average molecular weight is 477 g/mol. The normalized spacial score (nSPS) is 15.8. The zero-order valence-corrected chi connectivity index (χ0v) is 17.7. The zero-order chi connectivity index (χ0) is 19.0. The van der Waals surface area contributed by atoms with Crippen LogP contribution >= 0.6 is 51.5 Å². The van der Waals surface area contributed by atoms with E-state index in [1.807, 2.05) is 60.7 Å². The number of carbonyl (C=O) groups is 1. The summed E-state index contributed by atoms with van der Waals surface area (Å²) in [6.07, 6.45) is 1.72. The first kappa shape index (κ1) is 18.5. The summed E-state index contributed by atoms with van der Waals surface area (Å²) in [6, 6.07) is 18.6. The van der Waals surface area contributed by atoms with Crippen LogP contribution in [0.4, 0.5) is 5.69 Å². The second-order valence-electron chi connectivity index (χ2n) is 5.71. The van der Waals surface area contributed by atoms with Crippen molar-refractivity contribution in [2.45, 2.75) is 0 Å². The first-order valence-corrected chi connectivity index (χ1v) is 10.3. The molecule has 2 aromatic carbocycles. The molecule has 0 aliphatic carbocycles. The number of halogens is 2. The summed E-state index contributed by atoms with van der Waals surface area (Å²) < 4.78 is 7.24. The van der Waals surface area contributed by atoms with Crippen molar-refractivity contribution in [3.63, 3.8) is 0 Å². The topological polar surface area (TPSA) is 33.5 Å². The van der Waals surface area contributed by atoms with E-state index in [0.29, 0.717) is 25.8 Å². The van der Waals surface area contributed by atoms with Crippen LogP contribution in [0.25, 0.3) is 17.4 Å². The van der Waals surface area contributed by atoms with E-state index in [-0.39, 0.29) is 5.91 Å². The van der Waals surface area contributed by atoms with E-state index in [4.69, 9.17) is 28.2 Å². The Balaban J connectivity index is 1.61. The van der Waals surface area contributed by atoms with Crippen molar-refractivity contribution < 1.29 is 9.21 Å². The fourth-order valence-corrected chi connectivity index (χ4v) is 4.43. The Labute approximate surface area is 179 Å². The molecule has 3 nitrogen and oxygen atoms in total. The number of carbonyl (C=O) groups excluding carboxylic acids is 1. The summed E-state index contributed by atoms with van der Waals surface area (Å²) in [7, 11) is 0. The Hall–Kier alpha value is -1.86. The summed E-state index contributed by atoms with van der Waals surface area (Å²) in [4.78, 5) is 14.9. The number of thioether (sulfide) groups is 1. The van der Waals surface area contributed by atoms with E-state index in [1.54, 1.807) is 6.08 Å². The van der Waals surface area contributed by atoms with Gasteiger partial charge in [0.25, 0.3) is 5.91 Å². The smallest absolute Gasteiger partial charge is 0.270 e. The van der Waals surface area contributed by atoms with Gasteiger partial charge in [0, 0.05) is 21.1 Å². The van der Waals surface area contributed by atoms with E-state index in [1.165, 1.54) is 16.7 Å². The molecule has 0 saturated carbocycles. The molecule has 0 N–H and O–H groups in total. The van der Waals surface area contributed by atoms with Crippen LogP contribution in [0.1, 0.15) is 5.76 Å². The molecule has 27 heavy (non-hydrogen) atoms. The molecule has 1 aliphatic rings. The highest BCUT2D eigenvalue weighted by Crippen LogP contribution is 2.37. The number of hydrogen-bond donors (Lipinski definition) is 0. The van der Waals surface area contributed by atoms with Gasteiger partial charge < -0.3 is 4.42 Å². The Morgan fingerprint density at radius 1 is 1.11 bits per heavy atom. The number of thiocarbonyl (C=S) groups is 1. The lowest BCUT2D eigenvalue weighted by atomic mass is 10.2. The largest absolute Gasteiger partial charge is 0.457 e. The third-order valence-corrected chi connectivity index (χ3v) is 5.94. The minimum absolute atomic E-state index is 0.160. The highest BCUT2D eigenvalue weighted by molar-refractivity contribution is 9.10. The summed E-state index contributed by atoms with van der Waals surface area (Å²) in [6.45, 7) is 0. The lowest BCUT2D eigenvalue weighted by Gasteiger charge is -2.14. The second kappa shape index (κ2) is 7.64. The molecule has 4 rings (SSSR count). The number of anilines is 1. The monoisotopic (exact) mass is 475 g/mol. The quantitative estimate of drug-likeness (QED) is 0.308. The van der Waals surface area contributed by atoms with Crippen molar-refractivity contribution in [3.8, 4) is 11.3 Å². The first-order chi connectivity index (χ1) is 13.0. The van der Waals surface area contributed by atoms with Crippen molar-refractivity contribution in [3.05, 3.63) is 80.8 Å². The number of furan rings is 1. The average Bonchev–Trinajstić information content (AvgIpc) is 3.21. The van der Waals surface area contributed by atoms with Gasteiger partial charge in [-0.3, -0.25) is 9.69 Å². The molecule has 0 bridgehead atoms. The van der Waals surface area contributed by atoms with Gasteiger partial charge in [-0.2, -0.15) is 0 Å². The Morgan fingerprint density at radius 2 is 1.89 bits per heavy atom. The molecule has 1 fully saturated rings. The number of nitrogens with zero attached hydrogens (tertiary/aromatic N) is 1. The SMILES string of the molecule is O=C1C(=Cc2ccc(-c3ccc(Cl)cc3)o2)SC(=S)N1c1cccc(Br)c1. The molecule has 0 spiro atoms. The van der Waals surface area contributed by atoms with E-state index in [9.17, 15) is 4.79 Å². The van der Waals surface area contributed by atoms with Gasteiger partial charge in [0.15, 0.2) is 4.32 Å². The predicted molar refractivity (Wildman–Crippen MR) is 119 cm³/mol. The summed E-state index contributed by atoms with van der Waals surface area (Å²) in [5.74, 6) is 1.14. The van der Waals surface area contributed by atoms with E-state index >= 15 is 0 Å². The minimum atomic E-state index is -0.160. The van der Waals surface area contributed by atoms with Gasteiger partial charge in [0.05, 0.1) is 10.6 Å². The number of amides is 1. The molecule has 1 amide bonds. The molecule has 1 aliphatic heterocycles. The fourth-order valence-electron chi connectivity index (χ4n) is 2.63. The second-order valence-corrected chi connectivity index (χ2v) is 8.73. The van der Waals surface area contributed by atoms with Gasteiger partial charge in [-0.15, -0.1) is 0 Å². The summed E-state index contributed by atoms with van der Waals surface area (Å²) in [5, 5.41) is 0.668. The zero-order valence-electron chi connectivity index (χ0n) is 13.7. The molecule has 0 unspecified atom stereocenters. The standard InChI is InChI=1S/C20H11BrClNO2S2/c21-13-2-1-3-15(10-13)23-19(24)18(27-20(23)26)11-16-8-9-17(25-16)12-4-6-14(22)7-5-12/h1-11H. The lowest BCUT2D eigenvalue weighted by molar-refractivity contribution is -0.113. The maximum absolute atomic E-state index is 12.8. The van der Waals surface area contributed by atoms with Crippen molar-refractivity contribution in [1.82, 2.24) is 0 Å². The van der Waals surface area contributed by atoms with Crippen molar-refractivity contribution in [2.24, 2.45) is 0 Å². The van der Waals surface area contributed by atoms with Crippen LogP contribution in [-0.2, 0) is 4.79 Å². The first-order valence-electron chi connectivity index (χ1n) is 7.90. The van der Waals surface area contributed by atoms with Crippen LogP contribution in [0, 0.1) is 0 Å². The van der Waals surface area contributed by atoms with Crippen molar-refractivity contribution in [2.75, 3.05) is 4.90 Å². The molecule has 0 atom stereocenters. The Kier molecular flexibility index (Phi) is 5.23. The molecule has 3 aromatic rings. The van der Waals surface area contributed by atoms with Gasteiger partial charge in [0.1, 0.15) is 11.5 Å². The molecular formula is C20H11BrClNO2S2. The van der Waals surface area contributed by atoms with Crippen molar-refractivity contribution >= 4 is 73.5 Å². The van der Waals surface area contributed by atoms with Gasteiger partial charge in [0.2, 0.25) is 0 Å². The molecule has 1 saturated heterocycles. The van der Waals surface area contributed by atoms with E-state index in [2.05, 4.69) is 15.9 Å². The maximum Gasteiger partial charge on any atom is 0.270 e. The number of benzene rings is 2.